The van der Waals surface area contributed by atoms with Crippen LogP contribution < -0.4 is 0 Å². The van der Waals surface area contributed by atoms with Gasteiger partial charge in [0.2, 0.25) is 10.0 Å². The maximum Gasteiger partial charge on any atom is 0.211 e. The number of piperidine rings is 1. The molecule has 1 heterocycles. The third-order valence-electron chi connectivity index (χ3n) is 3.61. The van der Waals surface area contributed by atoms with Gasteiger partial charge in [0.15, 0.2) is 0 Å². The van der Waals surface area contributed by atoms with Crippen LogP contribution in [0.25, 0.3) is 0 Å². The van der Waals surface area contributed by atoms with Crippen LogP contribution in [0, 0.1) is 0 Å². The van der Waals surface area contributed by atoms with Gasteiger partial charge in [0.1, 0.15) is 0 Å². The molecule has 1 saturated heterocycles. The lowest BCUT2D eigenvalue weighted by Gasteiger charge is -2.33. The largest absolute Gasteiger partial charge is 0.212 e. The summed E-state index contributed by atoms with van der Waals surface area (Å²) in [4.78, 5) is 0. The van der Waals surface area contributed by atoms with Gasteiger partial charge in [0.25, 0.3) is 0 Å². The molecule has 0 radical (unpaired) electrons. The van der Waals surface area contributed by atoms with Gasteiger partial charge in [-0.15, -0.1) is 0 Å². The van der Waals surface area contributed by atoms with E-state index in [9.17, 15) is 8.42 Å². The molecule has 0 N–H and O–H groups in total. The molecular weight excluding hydrogens is 246 g/mol. The van der Waals surface area contributed by atoms with E-state index in [4.69, 9.17) is 0 Å². The molecule has 4 heteroatoms. The van der Waals surface area contributed by atoms with E-state index in [2.05, 4.69) is 12.1 Å². The van der Waals surface area contributed by atoms with Crippen LogP contribution in [0.1, 0.15) is 31.2 Å². The average Bonchev–Trinajstić information content (AvgIpc) is 2.37. The zero-order chi connectivity index (χ0) is 13.0. The van der Waals surface area contributed by atoms with Crippen LogP contribution >= 0.6 is 0 Å². The molecule has 0 saturated carbocycles. The van der Waals surface area contributed by atoms with Gasteiger partial charge in [-0.2, -0.15) is 4.31 Å². The van der Waals surface area contributed by atoms with Gasteiger partial charge >= 0.3 is 0 Å². The Labute approximate surface area is 110 Å². The highest BCUT2D eigenvalue weighted by Gasteiger charge is 2.28. The number of hydrogen-bond acceptors (Lipinski definition) is 2. The summed E-state index contributed by atoms with van der Waals surface area (Å²) in [6.07, 6.45) is 6.35. The van der Waals surface area contributed by atoms with Crippen molar-refractivity contribution < 1.29 is 8.42 Å². The molecule has 0 aliphatic carbocycles. The summed E-state index contributed by atoms with van der Waals surface area (Å²) in [6.45, 7) is 0.693. The molecule has 1 aromatic rings. The number of aryl methyl sites for hydroxylation is 1. The number of rotatable bonds is 4. The van der Waals surface area contributed by atoms with Crippen molar-refractivity contribution in [3.63, 3.8) is 0 Å². The molecule has 100 valence electrons. The van der Waals surface area contributed by atoms with Crippen LogP contribution in [0.5, 0.6) is 0 Å². The molecule has 0 spiro atoms. The highest BCUT2D eigenvalue weighted by molar-refractivity contribution is 7.88. The average molecular weight is 267 g/mol. The Hall–Kier alpha value is -0.870. The first-order valence-corrected chi connectivity index (χ1v) is 8.43. The monoisotopic (exact) mass is 267 g/mol. The first kappa shape index (κ1) is 13.6. The third kappa shape index (κ3) is 3.56. The maximum atomic E-state index is 11.7. The van der Waals surface area contributed by atoms with Crippen LogP contribution in [0.4, 0.5) is 0 Å². The standard InChI is InChI=1S/C14H21NO2S/c1-18(16,17)15-12-6-5-9-14(15)11-10-13-7-3-2-4-8-13/h2-4,7-8,14H,5-6,9-12H2,1H3/t14-/m1/s1. The van der Waals surface area contributed by atoms with Crippen molar-refractivity contribution in [2.45, 2.75) is 38.1 Å². The molecule has 18 heavy (non-hydrogen) atoms. The van der Waals surface area contributed by atoms with Gasteiger partial charge in [0, 0.05) is 12.6 Å². The minimum absolute atomic E-state index is 0.189. The molecule has 2 rings (SSSR count). The van der Waals surface area contributed by atoms with Crippen molar-refractivity contribution in [3.8, 4) is 0 Å². The van der Waals surface area contributed by atoms with E-state index in [1.165, 1.54) is 11.8 Å². The van der Waals surface area contributed by atoms with Crippen molar-refractivity contribution >= 4 is 10.0 Å². The smallest absolute Gasteiger partial charge is 0.211 e. The second kappa shape index (κ2) is 5.85. The topological polar surface area (TPSA) is 37.4 Å². The van der Waals surface area contributed by atoms with Crippen molar-refractivity contribution in [2.75, 3.05) is 12.8 Å². The Morgan fingerprint density at radius 2 is 1.94 bits per heavy atom. The van der Waals surface area contributed by atoms with E-state index in [-0.39, 0.29) is 6.04 Å². The number of nitrogens with zero attached hydrogens (tertiary/aromatic N) is 1. The third-order valence-corrected chi connectivity index (χ3v) is 4.94. The van der Waals surface area contributed by atoms with Crippen molar-refractivity contribution in [1.29, 1.82) is 0 Å². The molecule has 1 aromatic carbocycles. The Bertz CT molecular complexity index is 470. The minimum atomic E-state index is -3.05. The van der Waals surface area contributed by atoms with Gasteiger partial charge in [-0.1, -0.05) is 36.8 Å². The first-order chi connectivity index (χ1) is 8.57. The quantitative estimate of drug-likeness (QED) is 0.840. The molecule has 1 fully saturated rings. The minimum Gasteiger partial charge on any atom is -0.212 e. The molecule has 0 unspecified atom stereocenters. The Morgan fingerprint density at radius 1 is 1.22 bits per heavy atom. The second-order valence-electron chi connectivity index (χ2n) is 5.05. The second-order valence-corrected chi connectivity index (χ2v) is 6.98. The van der Waals surface area contributed by atoms with Crippen molar-refractivity contribution in [1.82, 2.24) is 4.31 Å². The van der Waals surface area contributed by atoms with E-state index in [0.717, 1.165) is 32.1 Å². The number of sulfonamides is 1. The van der Waals surface area contributed by atoms with Gasteiger partial charge in [-0.25, -0.2) is 8.42 Å². The van der Waals surface area contributed by atoms with Gasteiger partial charge in [0.05, 0.1) is 6.26 Å². The van der Waals surface area contributed by atoms with E-state index in [1.807, 2.05) is 18.2 Å². The predicted molar refractivity (Wildman–Crippen MR) is 74.0 cm³/mol. The fraction of sp³-hybridized carbons (Fsp3) is 0.571. The van der Waals surface area contributed by atoms with Crippen molar-refractivity contribution in [2.24, 2.45) is 0 Å². The SMILES string of the molecule is CS(=O)(=O)N1CCCC[C@@H]1CCc1ccccc1. The summed E-state index contributed by atoms with van der Waals surface area (Å²) in [5.74, 6) is 0. The molecule has 1 aliphatic heterocycles. The predicted octanol–water partition coefficient (Wildman–Crippen LogP) is 2.43. The molecule has 1 atom stereocenters. The van der Waals surface area contributed by atoms with Crippen LogP contribution in [0.2, 0.25) is 0 Å². The lowest BCUT2D eigenvalue weighted by atomic mass is 9.98. The van der Waals surface area contributed by atoms with E-state index in [1.54, 1.807) is 4.31 Å². The highest BCUT2D eigenvalue weighted by atomic mass is 32.2. The van der Waals surface area contributed by atoms with Crippen LogP contribution in [0.15, 0.2) is 30.3 Å². The summed E-state index contributed by atoms with van der Waals surface area (Å²) >= 11 is 0. The Balaban J connectivity index is 1.98. The summed E-state index contributed by atoms with van der Waals surface area (Å²) in [5.41, 5.74) is 1.29. The summed E-state index contributed by atoms with van der Waals surface area (Å²) < 4.78 is 25.2. The van der Waals surface area contributed by atoms with Crippen LogP contribution in [-0.4, -0.2) is 31.6 Å². The van der Waals surface area contributed by atoms with E-state index >= 15 is 0 Å². The molecule has 1 aliphatic rings. The zero-order valence-corrected chi connectivity index (χ0v) is 11.7. The van der Waals surface area contributed by atoms with Gasteiger partial charge in [-0.3, -0.25) is 0 Å². The highest BCUT2D eigenvalue weighted by Crippen LogP contribution is 2.23. The zero-order valence-electron chi connectivity index (χ0n) is 10.9. The van der Waals surface area contributed by atoms with Gasteiger partial charge < -0.3 is 0 Å². The molecule has 0 amide bonds. The first-order valence-electron chi connectivity index (χ1n) is 6.58. The molecular formula is C14H21NO2S. The van der Waals surface area contributed by atoms with Crippen LogP contribution in [-0.2, 0) is 16.4 Å². The Morgan fingerprint density at radius 3 is 2.61 bits per heavy atom. The fourth-order valence-corrected chi connectivity index (χ4v) is 3.89. The summed E-state index contributed by atoms with van der Waals surface area (Å²) in [7, 11) is -3.05. The number of hydrogen-bond donors (Lipinski definition) is 0. The normalized spacial score (nSPS) is 21.9. The number of benzene rings is 1. The van der Waals surface area contributed by atoms with E-state index < -0.39 is 10.0 Å². The molecule has 0 aromatic heterocycles. The summed E-state index contributed by atoms with van der Waals surface area (Å²) in [5, 5.41) is 0. The van der Waals surface area contributed by atoms with E-state index in [0.29, 0.717) is 6.54 Å². The van der Waals surface area contributed by atoms with Gasteiger partial charge in [-0.05, 0) is 31.2 Å². The Kier molecular flexibility index (Phi) is 4.40. The lowest BCUT2D eigenvalue weighted by Crippen LogP contribution is -2.43. The van der Waals surface area contributed by atoms with Crippen LogP contribution in [0.3, 0.4) is 0 Å². The van der Waals surface area contributed by atoms with Crippen molar-refractivity contribution in [3.05, 3.63) is 35.9 Å². The fourth-order valence-electron chi connectivity index (χ4n) is 2.68. The maximum absolute atomic E-state index is 11.7. The lowest BCUT2D eigenvalue weighted by molar-refractivity contribution is 0.242. The summed E-state index contributed by atoms with van der Waals surface area (Å²) in [6, 6.07) is 10.5. The molecule has 3 nitrogen and oxygen atoms in total. The molecule has 0 bridgehead atoms.